The Balaban J connectivity index is 1.81. The maximum absolute atomic E-state index is 2.37. The molecule has 0 radical (unpaired) electrons. The maximum Gasteiger partial charge on any atom is 0.0168 e. The number of allylic oxidation sites excluding steroid dienone is 5. The third-order valence-electron chi connectivity index (χ3n) is 4.99. The third-order valence-corrected chi connectivity index (χ3v) is 4.99. The molecule has 108 valence electrons. The molecule has 2 aliphatic carbocycles. The molecule has 0 heterocycles. The van der Waals surface area contributed by atoms with Crippen LogP contribution in [0.5, 0.6) is 0 Å². The van der Waals surface area contributed by atoms with E-state index < -0.39 is 0 Å². The second-order valence-electron chi connectivity index (χ2n) is 6.18. The number of fused-ring (bicyclic) bond motifs is 4. The summed E-state index contributed by atoms with van der Waals surface area (Å²) in [7, 11) is 0. The topological polar surface area (TPSA) is 0 Å². The van der Waals surface area contributed by atoms with Crippen LogP contribution in [0.4, 0.5) is 0 Å². The van der Waals surface area contributed by atoms with E-state index in [1.54, 1.807) is 0 Å². The molecule has 2 aliphatic rings. The van der Waals surface area contributed by atoms with Crippen LogP contribution in [0.2, 0.25) is 0 Å². The van der Waals surface area contributed by atoms with Gasteiger partial charge in [0.15, 0.2) is 0 Å². The summed E-state index contributed by atoms with van der Waals surface area (Å²) in [6.07, 6.45) is 8.98. The second kappa shape index (κ2) is 5.14. The smallest absolute Gasteiger partial charge is 0.0168 e. The summed E-state index contributed by atoms with van der Waals surface area (Å²) in [4.78, 5) is 0. The Morgan fingerprint density at radius 1 is 0.818 bits per heavy atom. The average molecular weight is 284 g/mol. The predicted octanol–water partition coefficient (Wildman–Crippen LogP) is 5.93. The minimum Gasteiger partial charge on any atom is -0.0870 e. The first-order valence-corrected chi connectivity index (χ1v) is 8.04. The molecule has 2 aromatic carbocycles. The van der Waals surface area contributed by atoms with Crippen molar-refractivity contribution in [3.8, 4) is 0 Å². The number of hydrogen-bond acceptors (Lipinski definition) is 0. The zero-order valence-corrected chi connectivity index (χ0v) is 13.1. The highest BCUT2D eigenvalue weighted by molar-refractivity contribution is 5.92. The largest absolute Gasteiger partial charge is 0.0870 e. The summed E-state index contributed by atoms with van der Waals surface area (Å²) in [5.74, 6) is 1.09. The first-order valence-electron chi connectivity index (χ1n) is 8.04. The van der Waals surface area contributed by atoms with Crippen molar-refractivity contribution in [3.05, 3.63) is 89.0 Å². The van der Waals surface area contributed by atoms with Gasteiger partial charge in [-0.1, -0.05) is 79.8 Å². The van der Waals surface area contributed by atoms with Gasteiger partial charge in [0.1, 0.15) is 0 Å². The fourth-order valence-electron chi connectivity index (χ4n) is 3.95. The third kappa shape index (κ3) is 1.84. The zero-order chi connectivity index (χ0) is 15.1. The molecule has 22 heavy (non-hydrogen) atoms. The van der Waals surface area contributed by atoms with Crippen molar-refractivity contribution >= 4 is 17.2 Å². The van der Waals surface area contributed by atoms with Gasteiger partial charge in [-0.3, -0.25) is 0 Å². The van der Waals surface area contributed by atoms with Gasteiger partial charge >= 0.3 is 0 Å². The summed E-state index contributed by atoms with van der Waals surface area (Å²) in [5, 5.41) is 0. The fourth-order valence-corrected chi connectivity index (χ4v) is 3.95. The lowest BCUT2D eigenvalue weighted by atomic mass is 9.62. The van der Waals surface area contributed by atoms with Crippen molar-refractivity contribution in [3.63, 3.8) is 0 Å². The minimum atomic E-state index is 0.529. The Kier molecular flexibility index (Phi) is 3.11. The SMILES string of the molecule is C/C=C\c1ccccc1C1=CC=C2c3ccccc3C2C1C. The summed E-state index contributed by atoms with van der Waals surface area (Å²) < 4.78 is 0. The number of rotatable bonds is 2. The Bertz CT molecular complexity index is 817. The summed E-state index contributed by atoms with van der Waals surface area (Å²) >= 11 is 0. The molecule has 2 atom stereocenters. The summed E-state index contributed by atoms with van der Waals surface area (Å²) in [5.41, 5.74) is 8.60. The first kappa shape index (κ1) is 13.3. The lowest BCUT2D eigenvalue weighted by molar-refractivity contribution is 0.638. The van der Waals surface area contributed by atoms with E-state index in [0.717, 1.165) is 0 Å². The molecule has 0 nitrogen and oxygen atoms in total. The summed E-state index contributed by atoms with van der Waals surface area (Å²) in [6, 6.07) is 17.6. The van der Waals surface area contributed by atoms with Gasteiger partial charge in [0.05, 0.1) is 0 Å². The van der Waals surface area contributed by atoms with Gasteiger partial charge < -0.3 is 0 Å². The normalized spacial score (nSPS) is 22.5. The maximum atomic E-state index is 2.37. The molecule has 0 saturated heterocycles. The first-order chi connectivity index (χ1) is 10.8. The molecular weight excluding hydrogens is 264 g/mol. The highest BCUT2D eigenvalue weighted by Crippen LogP contribution is 2.55. The standard InChI is InChI=1S/C22H20/c1-3-8-16-9-4-5-10-18(16)17-13-14-21-19-11-6-7-12-20(19)22(21)15(17)2/h3-15,22H,1-2H3/b8-3-. The zero-order valence-electron chi connectivity index (χ0n) is 13.1. The molecule has 0 spiro atoms. The molecule has 2 aromatic rings. The molecule has 0 heteroatoms. The van der Waals surface area contributed by atoms with Crippen molar-refractivity contribution < 1.29 is 0 Å². The van der Waals surface area contributed by atoms with Gasteiger partial charge in [0.25, 0.3) is 0 Å². The molecule has 0 bridgehead atoms. The van der Waals surface area contributed by atoms with E-state index in [-0.39, 0.29) is 0 Å². The van der Waals surface area contributed by atoms with E-state index in [2.05, 4.69) is 86.7 Å². The minimum absolute atomic E-state index is 0.529. The fraction of sp³-hybridized carbons (Fsp3) is 0.182. The average Bonchev–Trinajstić information content (AvgIpc) is 2.53. The van der Waals surface area contributed by atoms with Gasteiger partial charge in [-0.25, -0.2) is 0 Å². The van der Waals surface area contributed by atoms with Crippen LogP contribution < -0.4 is 0 Å². The molecule has 0 aromatic heterocycles. The molecule has 4 rings (SSSR count). The lowest BCUT2D eigenvalue weighted by Crippen LogP contribution is -2.25. The van der Waals surface area contributed by atoms with Gasteiger partial charge in [-0.2, -0.15) is 0 Å². The van der Waals surface area contributed by atoms with Crippen LogP contribution in [0, 0.1) is 5.92 Å². The van der Waals surface area contributed by atoms with Crippen LogP contribution in [0.3, 0.4) is 0 Å². The Labute approximate surface area is 132 Å². The summed E-state index contributed by atoms with van der Waals surface area (Å²) in [6.45, 7) is 4.45. The highest BCUT2D eigenvalue weighted by Gasteiger charge is 2.38. The molecule has 2 unspecified atom stereocenters. The van der Waals surface area contributed by atoms with E-state index in [1.807, 2.05) is 0 Å². The van der Waals surface area contributed by atoms with Gasteiger partial charge in [0, 0.05) is 5.92 Å². The predicted molar refractivity (Wildman–Crippen MR) is 95.5 cm³/mol. The van der Waals surface area contributed by atoms with E-state index in [4.69, 9.17) is 0 Å². The van der Waals surface area contributed by atoms with Crippen molar-refractivity contribution in [1.82, 2.24) is 0 Å². The van der Waals surface area contributed by atoms with Gasteiger partial charge in [0.2, 0.25) is 0 Å². The monoisotopic (exact) mass is 284 g/mol. The van der Waals surface area contributed by atoms with Crippen molar-refractivity contribution in [2.45, 2.75) is 19.8 Å². The Morgan fingerprint density at radius 3 is 2.32 bits per heavy atom. The van der Waals surface area contributed by atoms with E-state index in [1.165, 1.54) is 33.4 Å². The lowest BCUT2D eigenvalue weighted by Gasteiger charge is -2.41. The molecule has 0 N–H and O–H groups in total. The van der Waals surface area contributed by atoms with Gasteiger partial charge in [-0.05, 0) is 46.2 Å². The number of benzene rings is 2. The van der Waals surface area contributed by atoms with Gasteiger partial charge in [-0.15, -0.1) is 0 Å². The molecule has 0 aliphatic heterocycles. The van der Waals surface area contributed by atoms with Crippen LogP contribution in [0.1, 0.15) is 42.0 Å². The highest BCUT2D eigenvalue weighted by atomic mass is 14.4. The van der Waals surface area contributed by atoms with Crippen LogP contribution in [0.15, 0.2) is 66.8 Å². The van der Waals surface area contributed by atoms with E-state index >= 15 is 0 Å². The quantitative estimate of drug-likeness (QED) is 0.640. The van der Waals surface area contributed by atoms with Crippen LogP contribution in [-0.2, 0) is 0 Å². The molecule has 0 fully saturated rings. The Morgan fingerprint density at radius 2 is 1.50 bits per heavy atom. The van der Waals surface area contributed by atoms with Crippen LogP contribution >= 0.6 is 0 Å². The van der Waals surface area contributed by atoms with E-state index in [9.17, 15) is 0 Å². The molecular formula is C22H20. The van der Waals surface area contributed by atoms with Crippen molar-refractivity contribution in [1.29, 1.82) is 0 Å². The molecule has 0 saturated carbocycles. The van der Waals surface area contributed by atoms with Crippen LogP contribution in [0.25, 0.3) is 17.2 Å². The second-order valence-corrected chi connectivity index (χ2v) is 6.18. The van der Waals surface area contributed by atoms with Crippen molar-refractivity contribution in [2.24, 2.45) is 5.92 Å². The number of hydrogen-bond donors (Lipinski definition) is 0. The van der Waals surface area contributed by atoms with Crippen molar-refractivity contribution in [2.75, 3.05) is 0 Å². The van der Waals surface area contributed by atoms with E-state index in [0.29, 0.717) is 11.8 Å². The molecule has 0 amide bonds. The van der Waals surface area contributed by atoms with Crippen LogP contribution in [-0.4, -0.2) is 0 Å². The Hall–Kier alpha value is -2.34.